The Hall–Kier alpha value is -2.41. The molecule has 1 saturated heterocycles. The molecule has 7 nitrogen and oxygen atoms in total. The van der Waals surface area contributed by atoms with Gasteiger partial charge in [-0.3, -0.25) is 14.5 Å². The highest BCUT2D eigenvalue weighted by atomic mass is 16.3. The van der Waals surface area contributed by atoms with Crippen LogP contribution in [0.4, 0.5) is 4.79 Å². The Balaban J connectivity index is 1.81. The van der Waals surface area contributed by atoms with Crippen molar-refractivity contribution in [3.05, 3.63) is 35.9 Å². The monoisotopic (exact) mass is 333 g/mol. The normalized spacial score (nSPS) is 18.4. The number of hydrogen-bond acceptors (Lipinski definition) is 4. The molecule has 0 spiro atoms. The summed E-state index contributed by atoms with van der Waals surface area (Å²) in [5.41, 5.74) is 1.05. The third kappa shape index (κ3) is 4.79. The van der Waals surface area contributed by atoms with Gasteiger partial charge in [-0.2, -0.15) is 0 Å². The molecule has 1 aromatic carbocycles. The van der Waals surface area contributed by atoms with Gasteiger partial charge < -0.3 is 15.7 Å². The van der Waals surface area contributed by atoms with Crippen LogP contribution in [0, 0.1) is 0 Å². The van der Waals surface area contributed by atoms with Gasteiger partial charge in [0.2, 0.25) is 5.91 Å². The average Bonchev–Trinajstić information content (AvgIpc) is 2.85. The van der Waals surface area contributed by atoms with Crippen LogP contribution in [0.5, 0.6) is 0 Å². The van der Waals surface area contributed by atoms with Crippen LogP contribution in [0.25, 0.3) is 0 Å². The number of urea groups is 1. The highest BCUT2D eigenvalue weighted by Crippen LogP contribution is 2.12. The Bertz CT molecular complexity index is 591. The predicted molar refractivity (Wildman–Crippen MR) is 88.1 cm³/mol. The Morgan fingerprint density at radius 3 is 2.71 bits per heavy atom. The van der Waals surface area contributed by atoms with Gasteiger partial charge in [0.15, 0.2) is 0 Å². The summed E-state index contributed by atoms with van der Waals surface area (Å²) in [5, 5.41) is 14.1. The molecule has 0 bridgehead atoms. The molecule has 1 fully saturated rings. The predicted octanol–water partition coefficient (Wildman–Crippen LogP) is 0.427. The smallest absolute Gasteiger partial charge is 0.324 e. The van der Waals surface area contributed by atoms with Gasteiger partial charge in [0, 0.05) is 19.0 Å². The third-order valence-electron chi connectivity index (χ3n) is 3.92. The molecule has 7 heteroatoms. The summed E-state index contributed by atoms with van der Waals surface area (Å²) in [7, 11) is 0. The summed E-state index contributed by atoms with van der Waals surface area (Å²) in [6.45, 7) is 1.86. The van der Waals surface area contributed by atoms with Crippen molar-refractivity contribution in [2.45, 2.75) is 38.3 Å². The van der Waals surface area contributed by atoms with E-state index in [1.165, 1.54) is 4.90 Å². The first-order chi connectivity index (χ1) is 11.5. The number of carbonyl (C=O) groups excluding carboxylic acids is 3. The van der Waals surface area contributed by atoms with Crippen LogP contribution in [0.1, 0.15) is 25.3 Å². The van der Waals surface area contributed by atoms with E-state index in [-0.39, 0.29) is 37.3 Å². The number of nitrogens with one attached hydrogen (secondary N) is 2. The number of aliphatic hydroxyl groups excluding tert-OH is 1. The van der Waals surface area contributed by atoms with Crippen molar-refractivity contribution >= 4 is 17.8 Å². The molecule has 0 aliphatic carbocycles. The Morgan fingerprint density at radius 2 is 2.04 bits per heavy atom. The lowest BCUT2D eigenvalue weighted by molar-refractivity contribution is -0.127. The Kier molecular flexibility index (Phi) is 6.31. The van der Waals surface area contributed by atoms with E-state index in [4.69, 9.17) is 5.11 Å². The zero-order valence-electron chi connectivity index (χ0n) is 13.7. The van der Waals surface area contributed by atoms with Gasteiger partial charge in [-0.1, -0.05) is 30.3 Å². The van der Waals surface area contributed by atoms with Crippen molar-refractivity contribution in [1.82, 2.24) is 15.5 Å². The van der Waals surface area contributed by atoms with Gasteiger partial charge >= 0.3 is 6.03 Å². The SMILES string of the molecule is C[C@@H](CO)NC(=O)CCC1NC(=O)N(CCc2ccccc2)C1=O. The second-order valence-corrected chi connectivity index (χ2v) is 5.92. The molecule has 1 unspecified atom stereocenters. The van der Waals surface area contributed by atoms with E-state index in [0.717, 1.165) is 5.56 Å². The Labute approximate surface area is 141 Å². The van der Waals surface area contributed by atoms with Crippen LogP contribution in [0.15, 0.2) is 30.3 Å². The zero-order chi connectivity index (χ0) is 17.5. The molecule has 24 heavy (non-hydrogen) atoms. The van der Waals surface area contributed by atoms with Crippen LogP contribution >= 0.6 is 0 Å². The molecule has 0 radical (unpaired) electrons. The van der Waals surface area contributed by atoms with Crippen molar-refractivity contribution in [2.75, 3.05) is 13.2 Å². The van der Waals surface area contributed by atoms with Crippen LogP contribution in [-0.2, 0) is 16.0 Å². The van der Waals surface area contributed by atoms with E-state index in [2.05, 4.69) is 10.6 Å². The number of carbonyl (C=O) groups is 3. The lowest BCUT2D eigenvalue weighted by Crippen LogP contribution is -2.37. The zero-order valence-corrected chi connectivity index (χ0v) is 13.7. The molecule has 1 aliphatic heterocycles. The highest BCUT2D eigenvalue weighted by Gasteiger charge is 2.37. The van der Waals surface area contributed by atoms with Gasteiger partial charge in [0.1, 0.15) is 6.04 Å². The molecular weight excluding hydrogens is 310 g/mol. The maximum atomic E-state index is 12.3. The minimum atomic E-state index is -0.663. The molecule has 0 aromatic heterocycles. The largest absolute Gasteiger partial charge is 0.394 e. The third-order valence-corrected chi connectivity index (χ3v) is 3.92. The lowest BCUT2D eigenvalue weighted by atomic mass is 10.1. The van der Waals surface area contributed by atoms with Gasteiger partial charge in [-0.25, -0.2) is 4.79 Å². The first-order valence-corrected chi connectivity index (χ1v) is 8.07. The molecule has 1 aromatic rings. The molecule has 1 heterocycles. The van der Waals surface area contributed by atoms with Gasteiger partial charge in [-0.15, -0.1) is 0 Å². The summed E-state index contributed by atoms with van der Waals surface area (Å²) in [6, 6.07) is 8.23. The van der Waals surface area contributed by atoms with E-state index in [1.54, 1.807) is 6.92 Å². The van der Waals surface area contributed by atoms with E-state index >= 15 is 0 Å². The van der Waals surface area contributed by atoms with Crippen LogP contribution in [0.3, 0.4) is 0 Å². The fourth-order valence-corrected chi connectivity index (χ4v) is 2.54. The van der Waals surface area contributed by atoms with E-state index in [9.17, 15) is 14.4 Å². The number of amides is 4. The van der Waals surface area contributed by atoms with E-state index < -0.39 is 12.1 Å². The highest BCUT2D eigenvalue weighted by molar-refractivity contribution is 6.04. The first-order valence-electron chi connectivity index (χ1n) is 8.07. The Morgan fingerprint density at radius 1 is 1.33 bits per heavy atom. The molecule has 4 amide bonds. The minimum absolute atomic E-state index is 0.119. The quantitative estimate of drug-likeness (QED) is 0.601. The molecule has 2 rings (SSSR count). The fraction of sp³-hybridized carbons (Fsp3) is 0.471. The second-order valence-electron chi connectivity index (χ2n) is 5.92. The van der Waals surface area contributed by atoms with Gasteiger partial charge in [-0.05, 0) is 25.3 Å². The summed E-state index contributed by atoms with van der Waals surface area (Å²) >= 11 is 0. The molecular formula is C17H23N3O4. The number of aliphatic hydroxyl groups is 1. The maximum absolute atomic E-state index is 12.3. The first kappa shape index (κ1) is 17.9. The van der Waals surface area contributed by atoms with Crippen molar-refractivity contribution < 1.29 is 19.5 Å². The van der Waals surface area contributed by atoms with Gasteiger partial charge in [0.05, 0.1) is 6.61 Å². The molecule has 0 saturated carbocycles. The summed E-state index contributed by atoms with van der Waals surface area (Å²) in [6.07, 6.45) is 0.963. The summed E-state index contributed by atoms with van der Waals surface area (Å²) in [5.74, 6) is -0.541. The number of imide groups is 1. The van der Waals surface area contributed by atoms with Crippen molar-refractivity contribution in [3.63, 3.8) is 0 Å². The molecule has 2 atom stereocenters. The van der Waals surface area contributed by atoms with Crippen LogP contribution < -0.4 is 10.6 Å². The summed E-state index contributed by atoms with van der Waals surface area (Å²) in [4.78, 5) is 37.1. The number of benzene rings is 1. The second kappa shape index (κ2) is 8.44. The summed E-state index contributed by atoms with van der Waals surface area (Å²) < 4.78 is 0. The van der Waals surface area contributed by atoms with E-state index in [0.29, 0.717) is 13.0 Å². The molecule has 3 N–H and O–H groups in total. The van der Waals surface area contributed by atoms with Crippen LogP contribution in [0.2, 0.25) is 0 Å². The average molecular weight is 333 g/mol. The molecule has 1 aliphatic rings. The number of hydrogen-bond donors (Lipinski definition) is 3. The minimum Gasteiger partial charge on any atom is -0.394 e. The number of rotatable bonds is 8. The maximum Gasteiger partial charge on any atom is 0.324 e. The topological polar surface area (TPSA) is 98.7 Å². The molecule has 130 valence electrons. The number of nitrogens with zero attached hydrogens (tertiary/aromatic N) is 1. The van der Waals surface area contributed by atoms with E-state index in [1.807, 2.05) is 30.3 Å². The lowest BCUT2D eigenvalue weighted by Gasteiger charge is -2.13. The van der Waals surface area contributed by atoms with Gasteiger partial charge in [0.25, 0.3) is 5.91 Å². The van der Waals surface area contributed by atoms with Crippen molar-refractivity contribution in [3.8, 4) is 0 Å². The standard InChI is InChI=1S/C17H23N3O4/c1-12(11-21)18-15(22)8-7-14-16(23)20(17(24)19-14)10-9-13-5-3-2-4-6-13/h2-6,12,14,21H,7-11H2,1H3,(H,18,22)(H,19,24)/t12-,14?/m0/s1. The fourth-order valence-electron chi connectivity index (χ4n) is 2.54. The van der Waals surface area contributed by atoms with Crippen molar-refractivity contribution in [1.29, 1.82) is 0 Å². The van der Waals surface area contributed by atoms with Crippen LogP contribution in [-0.4, -0.2) is 53.1 Å². The van der Waals surface area contributed by atoms with Crippen molar-refractivity contribution in [2.24, 2.45) is 0 Å².